The summed E-state index contributed by atoms with van der Waals surface area (Å²) in [6, 6.07) is 9.39. The van der Waals surface area contributed by atoms with Crippen molar-refractivity contribution in [1.29, 1.82) is 0 Å². The van der Waals surface area contributed by atoms with Crippen molar-refractivity contribution in [2.24, 2.45) is 0 Å². The van der Waals surface area contributed by atoms with Gasteiger partial charge in [-0.15, -0.1) is 0 Å². The smallest absolute Gasteiger partial charge is 0.355 e. The van der Waals surface area contributed by atoms with E-state index in [2.05, 4.69) is 5.32 Å². The zero-order valence-corrected chi connectivity index (χ0v) is 15.5. The number of nitrogens with one attached hydrogen (secondary N) is 1. The number of ether oxygens (including phenoxy) is 1. The van der Waals surface area contributed by atoms with Crippen LogP contribution in [0.15, 0.2) is 36.0 Å². The maximum Gasteiger partial charge on any atom is 0.355 e. The molecule has 26 heavy (non-hydrogen) atoms. The van der Waals surface area contributed by atoms with Crippen LogP contribution in [-0.2, 0) is 19.1 Å². The Balaban J connectivity index is 2.03. The fraction of sp³-hybridized carbons (Fsp3) is 0.450. The highest BCUT2D eigenvalue weighted by molar-refractivity contribution is 5.98. The van der Waals surface area contributed by atoms with Gasteiger partial charge in [-0.3, -0.25) is 9.59 Å². The van der Waals surface area contributed by atoms with E-state index < -0.39 is 5.97 Å². The van der Waals surface area contributed by atoms with Gasteiger partial charge in [0.2, 0.25) is 5.91 Å². The zero-order valence-electron chi connectivity index (χ0n) is 15.5. The molecule has 1 aliphatic heterocycles. The molecule has 1 saturated heterocycles. The van der Waals surface area contributed by atoms with Crippen LogP contribution in [0.5, 0.6) is 0 Å². The Bertz CT molecular complexity index is 674. The summed E-state index contributed by atoms with van der Waals surface area (Å²) in [5, 5.41) is 2.47. The van der Waals surface area contributed by atoms with E-state index in [0.29, 0.717) is 0 Å². The van der Waals surface area contributed by atoms with E-state index in [1.807, 2.05) is 32.0 Å². The lowest BCUT2D eigenvalue weighted by Crippen LogP contribution is -2.49. The Hall–Kier alpha value is -2.63. The Morgan fingerprint density at radius 1 is 1.15 bits per heavy atom. The minimum atomic E-state index is -0.727. The molecule has 2 rings (SSSR count). The summed E-state index contributed by atoms with van der Waals surface area (Å²) in [5.74, 6) is -1.32. The number of carbonyl (C=O) groups is 3. The van der Waals surface area contributed by atoms with Crippen molar-refractivity contribution in [3.05, 3.63) is 41.6 Å². The SMILES string of the molecule is CC(=O)N/C(=C\c1ccccc1)C(=O)OCC(=O)N1C(C)CCCC1C. The molecule has 0 aliphatic carbocycles. The minimum absolute atomic E-state index is 0.0104. The summed E-state index contributed by atoms with van der Waals surface area (Å²) in [6.07, 6.45) is 4.53. The predicted octanol–water partition coefficient (Wildman–Crippen LogP) is 2.50. The molecular formula is C20H26N2O4. The summed E-state index contributed by atoms with van der Waals surface area (Å²) < 4.78 is 5.18. The average Bonchev–Trinajstić information content (AvgIpc) is 2.59. The molecule has 140 valence electrons. The van der Waals surface area contributed by atoms with Crippen LogP contribution in [-0.4, -0.2) is 41.4 Å². The van der Waals surface area contributed by atoms with E-state index in [9.17, 15) is 14.4 Å². The van der Waals surface area contributed by atoms with Gasteiger partial charge in [0.05, 0.1) is 0 Å². The third kappa shape index (κ3) is 5.44. The first-order valence-corrected chi connectivity index (χ1v) is 8.91. The molecule has 1 heterocycles. The highest BCUT2D eigenvalue weighted by Crippen LogP contribution is 2.22. The number of hydrogen-bond donors (Lipinski definition) is 1. The Morgan fingerprint density at radius 3 is 2.35 bits per heavy atom. The second-order valence-electron chi connectivity index (χ2n) is 6.66. The maximum atomic E-state index is 12.5. The highest BCUT2D eigenvalue weighted by atomic mass is 16.5. The number of carbonyl (C=O) groups excluding carboxylic acids is 3. The van der Waals surface area contributed by atoms with Gasteiger partial charge in [0.25, 0.3) is 5.91 Å². The van der Waals surface area contributed by atoms with Crippen LogP contribution in [0, 0.1) is 0 Å². The van der Waals surface area contributed by atoms with Gasteiger partial charge in [-0.25, -0.2) is 4.79 Å². The third-order valence-electron chi connectivity index (χ3n) is 4.45. The van der Waals surface area contributed by atoms with Crippen LogP contribution in [0.3, 0.4) is 0 Å². The van der Waals surface area contributed by atoms with E-state index in [-0.39, 0.29) is 36.2 Å². The summed E-state index contributed by atoms with van der Waals surface area (Å²) >= 11 is 0. The lowest BCUT2D eigenvalue weighted by atomic mass is 9.97. The second kappa shape index (κ2) is 9.17. The lowest BCUT2D eigenvalue weighted by molar-refractivity contribution is -0.152. The Labute approximate surface area is 154 Å². The van der Waals surface area contributed by atoms with Crippen molar-refractivity contribution in [3.8, 4) is 0 Å². The standard InChI is InChI=1S/C20H26N2O4/c1-14-8-7-9-15(2)22(14)19(24)13-26-20(25)18(21-16(3)23)12-17-10-5-4-6-11-17/h4-6,10-12,14-15H,7-9,13H2,1-3H3,(H,21,23)/b18-12-. The van der Waals surface area contributed by atoms with Gasteiger partial charge < -0.3 is 15.0 Å². The molecular weight excluding hydrogens is 332 g/mol. The number of esters is 1. The molecule has 0 bridgehead atoms. The van der Waals surface area contributed by atoms with Crippen LogP contribution in [0.25, 0.3) is 6.08 Å². The van der Waals surface area contributed by atoms with E-state index in [0.717, 1.165) is 24.8 Å². The first kappa shape index (κ1) is 19.7. The molecule has 1 N–H and O–H groups in total. The van der Waals surface area contributed by atoms with E-state index in [1.165, 1.54) is 13.0 Å². The van der Waals surface area contributed by atoms with E-state index in [1.54, 1.807) is 17.0 Å². The first-order valence-electron chi connectivity index (χ1n) is 8.91. The normalized spacial score (nSPS) is 20.4. The molecule has 0 spiro atoms. The summed E-state index contributed by atoms with van der Waals surface area (Å²) in [5.41, 5.74) is 0.758. The average molecular weight is 358 g/mol. The lowest BCUT2D eigenvalue weighted by Gasteiger charge is -2.38. The molecule has 6 nitrogen and oxygen atoms in total. The highest BCUT2D eigenvalue weighted by Gasteiger charge is 2.29. The third-order valence-corrected chi connectivity index (χ3v) is 4.45. The van der Waals surface area contributed by atoms with Crippen molar-refractivity contribution < 1.29 is 19.1 Å². The number of nitrogens with zero attached hydrogens (tertiary/aromatic N) is 1. The van der Waals surface area contributed by atoms with Crippen LogP contribution in [0.4, 0.5) is 0 Å². The monoisotopic (exact) mass is 358 g/mol. The fourth-order valence-electron chi connectivity index (χ4n) is 3.24. The Morgan fingerprint density at radius 2 is 1.77 bits per heavy atom. The van der Waals surface area contributed by atoms with Crippen molar-refractivity contribution in [2.75, 3.05) is 6.61 Å². The van der Waals surface area contributed by atoms with Crippen LogP contribution >= 0.6 is 0 Å². The zero-order chi connectivity index (χ0) is 19.1. The van der Waals surface area contributed by atoms with Crippen molar-refractivity contribution in [3.63, 3.8) is 0 Å². The molecule has 1 fully saturated rings. The Kier molecular flexibility index (Phi) is 6.95. The molecule has 0 radical (unpaired) electrons. The van der Waals surface area contributed by atoms with Gasteiger partial charge >= 0.3 is 5.97 Å². The maximum absolute atomic E-state index is 12.5. The largest absolute Gasteiger partial charge is 0.451 e. The van der Waals surface area contributed by atoms with E-state index >= 15 is 0 Å². The minimum Gasteiger partial charge on any atom is -0.451 e. The number of likely N-dealkylation sites (tertiary alicyclic amines) is 1. The van der Waals surface area contributed by atoms with Gasteiger partial charge in [0.1, 0.15) is 5.70 Å². The molecule has 6 heteroatoms. The first-order chi connectivity index (χ1) is 12.4. The number of piperidine rings is 1. The fourth-order valence-corrected chi connectivity index (χ4v) is 3.24. The molecule has 2 amide bonds. The molecule has 0 aromatic heterocycles. The second-order valence-corrected chi connectivity index (χ2v) is 6.66. The van der Waals surface area contributed by atoms with Gasteiger partial charge in [0.15, 0.2) is 6.61 Å². The van der Waals surface area contributed by atoms with Crippen molar-refractivity contribution in [2.45, 2.75) is 52.1 Å². The van der Waals surface area contributed by atoms with Crippen molar-refractivity contribution >= 4 is 23.9 Å². The number of rotatable bonds is 5. The van der Waals surface area contributed by atoms with E-state index in [4.69, 9.17) is 4.74 Å². The van der Waals surface area contributed by atoms with Crippen LogP contribution < -0.4 is 5.32 Å². The van der Waals surface area contributed by atoms with Crippen LogP contribution in [0.1, 0.15) is 45.6 Å². The topological polar surface area (TPSA) is 75.7 Å². The molecule has 1 aromatic carbocycles. The van der Waals surface area contributed by atoms with Gasteiger partial charge in [-0.2, -0.15) is 0 Å². The van der Waals surface area contributed by atoms with Gasteiger partial charge in [-0.1, -0.05) is 30.3 Å². The summed E-state index contributed by atoms with van der Waals surface area (Å²) in [6.45, 7) is 4.99. The number of hydrogen-bond acceptors (Lipinski definition) is 4. The molecule has 1 aromatic rings. The number of benzene rings is 1. The van der Waals surface area contributed by atoms with Gasteiger partial charge in [-0.05, 0) is 44.7 Å². The molecule has 2 unspecified atom stereocenters. The summed E-state index contributed by atoms with van der Waals surface area (Å²) in [4.78, 5) is 38.0. The predicted molar refractivity (Wildman–Crippen MR) is 98.8 cm³/mol. The molecule has 0 saturated carbocycles. The quantitative estimate of drug-likeness (QED) is 0.648. The van der Waals surface area contributed by atoms with Crippen molar-refractivity contribution in [1.82, 2.24) is 10.2 Å². The van der Waals surface area contributed by atoms with Gasteiger partial charge in [0, 0.05) is 19.0 Å². The number of amides is 2. The molecule has 1 aliphatic rings. The van der Waals surface area contributed by atoms with Crippen LogP contribution in [0.2, 0.25) is 0 Å². The molecule has 2 atom stereocenters. The summed E-state index contributed by atoms with van der Waals surface area (Å²) in [7, 11) is 0.